The normalized spacial score (nSPS) is 13.7. The van der Waals surface area contributed by atoms with E-state index in [0.29, 0.717) is 5.56 Å². The van der Waals surface area contributed by atoms with Crippen LogP contribution in [0.4, 0.5) is 0 Å². The molecule has 0 N–H and O–H groups in total. The molecular formula is C51H50IrN2SSi-2. The molecule has 0 aliphatic carbocycles. The molecule has 0 aliphatic rings. The zero-order valence-corrected chi connectivity index (χ0v) is 37.1. The van der Waals surface area contributed by atoms with Crippen molar-refractivity contribution in [3.05, 3.63) is 163 Å². The van der Waals surface area contributed by atoms with Gasteiger partial charge in [0.05, 0.1) is 8.07 Å². The van der Waals surface area contributed by atoms with Gasteiger partial charge in [-0.25, -0.2) is 0 Å². The molecule has 5 aromatic carbocycles. The first kappa shape index (κ1) is 33.6. The van der Waals surface area contributed by atoms with E-state index in [4.69, 9.17) is 13.2 Å². The molecule has 8 aromatic rings. The molecule has 0 fully saturated rings. The summed E-state index contributed by atoms with van der Waals surface area (Å²) in [6, 6.07) is 46.2. The molecule has 56 heavy (non-hydrogen) atoms. The first-order valence-corrected chi connectivity index (χ1v) is 23.1. The van der Waals surface area contributed by atoms with Crippen LogP contribution in [0.15, 0.2) is 134 Å². The second-order valence-electron chi connectivity index (χ2n) is 15.4. The summed E-state index contributed by atoms with van der Waals surface area (Å²) in [5.41, 5.74) is 9.77. The number of benzene rings is 5. The summed E-state index contributed by atoms with van der Waals surface area (Å²) >= 11 is 1.70. The van der Waals surface area contributed by atoms with Crippen molar-refractivity contribution in [1.82, 2.24) is 9.97 Å². The largest absolute Gasteiger partial charge is 0.305 e. The number of fused-ring (bicyclic) bond motifs is 3. The van der Waals surface area contributed by atoms with Gasteiger partial charge in [-0.05, 0) is 74.5 Å². The first-order chi connectivity index (χ1) is 28.7. The van der Waals surface area contributed by atoms with Crippen molar-refractivity contribution >= 4 is 44.8 Å². The number of hydrogen-bond acceptors (Lipinski definition) is 3. The van der Waals surface area contributed by atoms with E-state index in [1.165, 1.54) is 0 Å². The Hall–Kier alpha value is -4.51. The predicted molar refractivity (Wildman–Crippen MR) is 241 cm³/mol. The van der Waals surface area contributed by atoms with Crippen LogP contribution in [0.5, 0.6) is 0 Å². The van der Waals surface area contributed by atoms with Gasteiger partial charge >= 0.3 is 0 Å². The smallest absolute Gasteiger partial charge is 0.0798 e. The zero-order valence-electron chi connectivity index (χ0n) is 38.9. The van der Waals surface area contributed by atoms with E-state index < -0.39 is 27.2 Å². The van der Waals surface area contributed by atoms with Gasteiger partial charge in [-0.1, -0.05) is 154 Å². The van der Waals surface area contributed by atoms with Gasteiger partial charge in [0.2, 0.25) is 0 Å². The van der Waals surface area contributed by atoms with Crippen molar-refractivity contribution in [2.24, 2.45) is 5.92 Å². The van der Waals surface area contributed by atoms with Crippen LogP contribution in [0, 0.1) is 24.9 Å². The van der Waals surface area contributed by atoms with Crippen molar-refractivity contribution in [2.75, 3.05) is 0 Å². The third-order valence-corrected chi connectivity index (χ3v) is 12.9. The Balaban J connectivity index is 0.000000207. The quantitative estimate of drug-likeness (QED) is 0.112. The second-order valence-corrected chi connectivity index (χ2v) is 21.5. The van der Waals surface area contributed by atoms with Crippen molar-refractivity contribution in [3.63, 3.8) is 0 Å². The number of aromatic nitrogens is 2. The summed E-state index contributed by atoms with van der Waals surface area (Å²) in [7, 11) is -1.73. The van der Waals surface area contributed by atoms with Crippen molar-refractivity contribution in [2.45, 2.75) is 66.5 Å². The van der Waals surface area contributed by atoms with Crippen LogP contribution in [-0.4, -0.2) is 18.0 Å². The van der Waals surface area contributed by atoms with Gasteiger partial charge in [0.1, 0.15) is 0 Å². The Morgan fingerprint density at radius 1 is 0.732 bits per heavy atom. The fourth-order valence-electron chi connectivity index (χ4n) is 6.76. The summed E-state index contributed by atoms with van der Waals surface area (Å²) in [6.45, 7) is 12.2. The molecule has 0 spiro atoms. The van der Waals surface area contributed by atoms with E-state index in [9.17, 15) is 0 Å². The van der Waals surface area contributed by atoms with Crippen molar-refractivity contribution in [3.8, 4) is 44.8 Å². The maximum Gasteiger partial charge on any atom is 0.0798 e. The molecule has 0 saturated heterocycles. The molecular weight excluding hydrogens is 893 g/mol. The van der Waals surface area contributed by atoms with Crippen LogP contribution >= 0.6 is 11.3 Å². The van der Waals surface area contributed by atoms with Crippen LogP contribution in [0.3, 0.4) is 0 Å². The summed E-state index contributed by atoms with van der Waals surface area (Å²) in [6.07, 6.45) is 2.27. The standard InChI is InChI=1S/C27H22NS.C24H28NSi.Ir/c1-17(2)20-14-15-28-25(16-20)24-9-5-8-23-22-7-4-6-21(26(22)29-27(23)24)19-12-10-18(3)11-13-19;1-18(2)14-22-16-23(25-17-24(22)26(3,4)5)21-13-9-12-20(15-21)19-10-7-6-8-11-19;/h4-8,10-17H,1-3H3;6-12,15-18H,14H2,1-5H3;/q2*-1;/i3D3,17D;14D2;. The van der Waals surface area contributed by atoms with E-state index >= 15 is 0 Å². The maximum absolute atomic E-state index is 8.73. The molecule has 5 heteroatoms. The topological polar surface area (TPSA) is 25.8 Å². The minimum Gasteiger partial charge on any atom is -0.305 e. The number of rotatable bonds is 8. The first-order valence-electron chi connectivity index (χ1n) is 21.8. The number of thiophene rings is 1. The molecule has 1 radical (unpaired) electrons. The molecule has 0 unspecified atom stereocenters. The monoisotopic (exact) mass is 949 g/mol. The van der Waals surface area contributed by atoms with Crippen molar-refractivity contribution in [1.29, 1.82) is 0 Å². The Morgan fingerprint density at radius 2 is 1.48 bits per heavy atom. The third kappa shape index (κ3) is 9.19. The SMILES string of the molecule is [2H]C([2H])([2H])c1ccc(-c2cccc3c2sc2c(-c4cc(C([2H])(C)C)ccn4)[c-]ccc23)cc1.[2H]C([2H])(c1cc(-c2[c-]ccc(-c3ccccc3)c2)ncc1[Si](C)(C)C)C(C)C.[Ir]. The minimum absolute atomic E-state index is 0. The third-order valence-electron chi connectivity index (χ3n) is 9.59. The number of aryl methyl sites for hydroxylation is 1. The van der Waals surface area contributed by atoms with Gasteiger partial charge in [-0.15, -0.1) is 59.2 Å². The number of pyridine rings is 2. The van der Waals surface area contributed by atoms with Gasteiger partial charge in [-0.3, -0.25) is 0 Å². The summed E-state index contributed by atoms with van der Waals surface area (Å²) in [5.74, 6) is -0.822. The van der Waals surface area contributed by atoms with Crippen LogP contribution < -0.4 is 5.19 Å². The molecule has 2 nitrogen and oxygen atoms in total. The summed E-state index contributed by atoms with van der Waals surface area (Å²) in [5, 5.41) is 3.39. The van der Waals surface area contributed by atoms with Gasteiger partial charge in [0.25, 0.3) is 0 Å². The fraction of sp³-hybridized carbons (Fsp3) is 0.216. The van der Waals surface area contributed by atoms with E-state index in [-0.39, 0.29) is 26.0 Å². The van der Waals surface area contributed by atoms with E-state index in [1.54, 1.807) is 29.7 Å². The molecule has 8 rings (SSSR count). The molecule has 0 amide bonds. The molecule has 3 heterocycles. The predicted octanol–water partition coefficient (Wildman–Crippen LogP) is 14.0. The summed E-state index contributed by atoms with van der Waals surface area (Å²) in [4.78, 5) is 9.32. The van der Waals surface area contributed by atoms with Crippen LogP contribution in [0.2, 0.25) is 19.6 Å². The van der Waals surface area contributed by atoms with E-state index in [0.717, 1.165) is 81.3 Å². The van der Waals surface area contributed by atoms with Gasteiger partial charge in [-0.2, -0.15) is 11.3 Å². The van der Waals surface area contributed by atoms with E-state index in [2.05, 4.69) is 73.2 Å². The molecule has 0 bridgehead atoms. The van der Waals surface area contributed by atoms with E-state index in [1.807, 2.05) is 107 Å². The zero-order chi connectivity index (χ0) is 43.9. The molecule has 0 aliphatic heterocycles. The minimum atomic E-state index is -2.11. The number of nitrogens with zero attached hydrogens (tertiary/aromatic N) is 2. The molecule has 3 aromatic heterocycles. The molecule has 0 saturated carbocycles. The van der Waals surface area contributed by atoms with Crippen molar-refractivity contribution < 1.29 is 28.3 Å². The molecule has 0 atom stereocenters. The second kappa shape index (κ2) is 17.7. The maximum atomic E-state index is 8.73. The molecule has 285 valence electrons. The Bertz CT molecular complexity index is 2820. The Kier molecular flexibility index (Phi) is 10.6. The Morgan fingerprint density at radius 3 is 2.20 bits per heavy atom. The fourth-order valence-corrected chi connectivity index (χ4v) is 9.51. The van der Waals surface area contributed by atoms with Crippen LogP contribution in [-0.2, 0) is 26.5 Å². The Labute approximate surface area is 360 Å². The summed E-state index contributed by atoms with van der Waals surface area (Å²) < 4.78 is 51.0. The van der Waals surface area contributed by atoms with Gasteiger partial charge in [0, 0.05) is 45.4 Å². The van der Waals surface area contributed by atoms with Gasteiger partial charge in [0.15, 0.2) is 0 Å². The average molecular weight is 949 g/mol. The van der Waals surface area contributed by atoms with Crippen LogP contribution in [0.25, 0.3) is 64.9 Å². The average Bonchev–Trinajstić information content (AvgIpc) is 3.62. The number of hydrogen-bond donors (Lipinski definition) is 0. The van der Waals surface area contributed by atoms with Crippen LogP contribution in [0.1, 0.15) is 58.5 Å². The van der Waals surface area contributed by atoms with Gasteiger partial charge < -0.3 is 9.97 Å².